The van der Waals surface area contributed by atoms with E-state index in [9.17, 15) is 4.79 Å². The van der Waals surface area contributed by atoms with Gasteiger partial charge in [-0.15, -0.1) is 24.0 Å². The molecule has 0 aliphatic carbocycles. The smallest absolute Gasteiger partial charge is 0.410 e. The number of guanidine groups is 1. The second-order valence-corrected chi connectivity index (χ2v) is 10.4. The minimum atomic E-state index is -0.472. The van der Waals surface area contributed by atoms with Crippen molar-refractivity contribution in [2.45, 2.75) is 85.0 Å². The molecule has 3 unspecified atom stereocenters. The summed E-state index contributed by atoms with van der Waals surface area (Å²) >= 11 is 0. The molecular formula is C22H43IN4O3. The Labute approximate surface area is 200 Å². The Hall–Kier alpha value is -0.770. The fraction of sp³-hybridized carbons (Fsp3) is 0.909. The highest BCUT2D eigenvalue weighted by atomic mass is 127. The maximum absolute atomic E-state index is 12.4. The zero-order valence-corrected chi connectivity index (χ0v) is 22.2. The predicted octanol–water partition coefficient (Wildman–Crippen LogP) is 4.01. The van der Waals surface area contributed by atoms with E-state index in [1.165, 1.54) is 6.42 Å². The third kappa shape index (κ3) is 8.77. The van der Waals surface area contributed by atoms with E-state index >= 15 is 0 Å². The first-order valence-electron chi connectivity index (χ1n) is 11.1. The number of carbonyl (C=O) groups is 1. The summed E-state index contributed by atoms with van der Waals surface area (Å²) in [5.41, 5.74) is -0.346. The number of hydrogen-bond acceptors (Lipinski definition) is 4. The number of amides is 1. The first-order valence-corrected chi connectivity index (χ1v) is 11.1. The van der Waals surface area contributed by atoms with Crippen LogP contribution in [-0.4, -0.2) is 68.0 Å². The van der Waals surface area contributed by atoms with Crippen molar-refractivity contribution in [2.75, 3.05) is 33.3 Å². The van der Waals surface area contributed by atoms with Gasteiger partial charge in [-0.25, -0.2) is 4.79 Å². The number of nitrogens with one attached hydrogen (secondary N) is 2. The van der Waals surface area contributed by atoms with Gasteiger partial charge < -0.3 is 25.0 Å². The molecule has 0 saturated carbocycles. The van der Waals surface area contributed by atoms with Crippen molar-refractivity contribution in [1.29, 1.82) is 0 Å². The molecule has 3 atom stereocenters. The van der Waals surface area contributed by atoms with Crippen LogP contribution in [0.4, 0.5) is 4.79 Å². The molecule has 0 spiro atoms. The number of piperidine rings is 1. The topological polar surface area (TPSA) is 75.2 Å². The molecule has 7 nitrogen and oxygen atoms in total. The van der Waals surface area contributed by atoms with E-state index in [0.717, 1.165) is 44.9 Å². The molecule has 0 aromatic rings. The Morgan fingerprint density at radius 1 is 1.17 bits per heavy atom. The highest BCUT2D eigenvalue weighted by Crippen LogP contribution is 2.33. The molecule has 0 aromatic carbocycles. The molecule has 2 aliphatic heterocycles. The first kappa shape index (κ1) is 27.3. The normalized spacial score (nSPS) is 25.9. The lowest BCUT2D eigenvalue weighted by atomic mass is 9.78. The van der Waals surface area contributed by atoms with E-state index in [-0.39, 0.29) is 47.6 Å². The van der Waals surface area contributed by atoms with Crippen LogP contribution in [0.15, 0.2) is 4.99 Å². The molecule has 0 bridgehead atoms. The van der Waals surface area contributed by atoms with Crippen LogP contribution in [0.5, 0.6) is 0 Å². The van der Waals surface area contributed by atoms with E-state index in [0.29, 0.717) is 12.5 Å². The van der Waals surface area contributed by atoms with Crippen LogP contribution in [0, 0.1) is 11.3 Å². The highest BCUT2D eigenvalue weighted by Gasteiger charge is 2.35. The zero-order chi connectivity index (χ0) is 21.7. The number of nitrogens with zero attached hydrogens (tertiary/aromatic N) is 2. The van der Waals surface area contributed by atoms with Gasteiger partial charge in [0.25, 0.3) is 0 Å². The number of likely N-dealkylation sites (tertiary alicyclic amines) is 1. The van der Waals surface area contributed by atoms with Crippen molar-refractivity contribution >= 4 is 36.0 Å². The van der Waals surface area contributed by atoms with Gasteiger partial charge in [-0.3, -0.25) is 4.99 Å². The molecule has 2 N–H and O–H groups in total. The van der Waals surface area contributed by atoms with Gasteiger partial charge in [0.1, 0.15) is 5.60 Å². The second-order valence-electron chi connectivity index (χ2n) is 10.4. The maximum Gasteiger partial charge on any atom is 0.410 e. The van der Waals surface area contributed by atoms with Gasteiger partial charge in [-0.2, -0.15) is 0 Å². The third-order valence-electron chi connectivity index (χ3n) is 5.47. The molecule has 0 radical (unpaired) electrons. The van der Waals surface area contributed by atoms with Gasteiger partial charge in [-0.05, 0) is 51.9 Å². The van der Waals surface area contributed by atoms with Crippen LogP contribution in [0.25, 0.3) is 0 Å². The van der Waals surface area contributed by atoms with Crippen LogP contribution < -0.4 is 10.6 Å². The van der Waals surface area contributed by atoms with Crippen molar-refractivity contribution in [3.05, 3.63) is 0 Å². The Kier molecular flexibility index (Phi) is 10.7. The van der Waals surface area contributed by atoms with Crippen molar-refractivity contribution in [1.82, 2.24) is 15.5 Å². The van der Waals surface area contributed by atoms with E-state index in [1.54, 1.807) is 11.9 Å². The number of rotatable bonds is 3. The summed E-state index contributed by atoms with van der Waals surface area (Å²) in [6, 6.07) is 0.170. The van der Waals surface area contributed by atoms with Gasteiger partial charge in [0.15, 0.2) is 5.96 Å². The molecule has 2 rings (SSSR count). The average molecular weight is 539 g/mol. The second kappa shape index (κ2) is 11.7. The lowest BCUT2D eigenvalue weighted by molar-refractivity contribution is -0.0835. The molecule has 2 saturated heterocycles. The lowest BCUT2D eigenvalue weighted by Gasteiger charge is -2.40. The number of carbonyl (C=O) groups excluding carboxylic acids is 1. The lowest BCUT2D eigenvalue weighted by Crippen LogP contribution is -2.54. The van der Waals surface area contributed by atoms with E-state index < -0.39 is 5.60 Å². The van der Waals surface area contributed by atoms with Gasteiger partial charge in [0.05, 0.1) is 6.10 Å². The van der Waals surface area contributed by atoms with E-state index in [1.807, 2.05) is 20.8 Å². The van der Waals surface area contributed by atoms with Gasteiger partial charge in [0, 0.05) is 45.2 Å². The van der Waals surface area contributed by atoms with Gasteiger partial charge >= 0.3 is 6.09 Å². The monoisotopic (exact) mass is 538 g/mol. The molecule has 176 valence electrons. The number of halogens is 1. The minimum Gasteiger partial charge on any atom is -0.444 e. The largest absolute Gasteiger partial charge is 0.444 e. The standard InChI is InChI=1S/C22H42N4O3.HI/c1-21(2,3)18-16(10-9-13-28-18)14-24-19(23-7)25-17-11-8-12-26(15-17)20(27)29-22(4,5)6;/h16-18H,8-15H2,1-7H3,(H2,23,24,25);1H. The number of aliphatic imine (C=N–C) groups is 1. The van der Waals surface area contributed by atoms with Crippen molar-refractivity contribution in [2.24, 2.45) is 16.3 Å². The fourth-order valence-corrected chi connectivity index (χ4v) is 4.21. The van der Waals surface area contributed by atoms with Crippen LogP contribution in [0.2, 0.25) is 0 Å². The number of hydrogen-bond donors (Lipinski definition) is 2. The van der Waals surface area contributed by atoms with Crippen LogP contribution >= 0.6 is 24.0 Å². The molecule has 2 heterocycles. The van der Waals surface area contributed by atoms with Crippen LogP contribution in [-0.2, 0) is 9.47 Å². The molecule has 30 heavy (non-hydrogen) atoms. The maximum atomic E-state index is 12.4. The van der Waals surface area contributed by atoms with Crippen molar-refractivity contribution in [3.8, 4) is 0 Å². The molecule has 1 amide bonds. The van der Waals surface area contributed by atoms with Crippen molar-refractivity contribution in [3.63, 3.8) is 0 Å². The Morgan fingerprint density at radius 3 is 2.47 bits per heavy atom. The highest BCUT2D eigenvalue weighted by molar-refractivity contribution is 14.0. The van der Waals surface area contributed by atoms with Crippen molar-refractivity contribution < 1.29 is 14.3 Å². The fourth-order valence-electron chi connectivity index (χ4n) is 4.21. The molecule has 8 heteroatoms. The summed E-state index contributed by atoms with van der Waals surface area (Å²) in [7, 11) is 1.79. The molecule has 0 aromatic heterocycles. The Balaban J connectivity index is 0.00000450. The summed E-state index contributed by atoms with van der Waals surface area (Å²) in [6.07, 6.45) is 4.26. The predicted molar refractivity (Wildman–Crippen MR) is 133 cm³/mol. The minimum absolute atomic E-state index is 0. The quantitative estimate of drug-likeness (QED) is 0.323. The Morgan fingerprint density at radius 2 is 1.87 bits per heavy atom. The summed E-state index contributed by atoms with van der Waals surface area (Å²) in [5.74, 6) is 1.26. The summed E-state index contributed by atoms with van der Waals surface area (Å²) in [6.45, 7) is 15.5. The average Bonchev–Trinajstić information content (AvgIpc) is 2.63. The molecule has 2 fully saturated rings. The Bertz CT molecular complexity index is 572. The van der Waals surface area contributed by atoms with Gasteiger partial charge in [-0.1, -0.05) is 20.8 Å². The summed E-state index contributed by atoms with van der Waals surface area (Å²) < 4.78 is 11.6. The molecule has 2 aliphatic rings. The SMILES string of the molecule is CN=C(NCC1CCCOC1C(C)(C)C)NC1CCCN(C(=O)OC(C)(C)C)C1.I. The van der Waals surface area contributed by atoms with Gasteiger partial charge in [0.2, 0.25) is 0 Å². The van der Waals surface area contributed by atoms with Crippen LogP contribution in [0.1, 0.15) is 67.2 Å². The summed E-state index contributed by atoms with van der Waals surface area (Å²) in [4.78, 5) is 18.6. The summed E-state index contributed by atoms with van der Waals surface area (Å²) in [5, 5.41) is 6.99. The van der Waals surface area contributed by atoms with Crippen LogP contribution in [0.3, 0.4) is 0 Å². The molecular weight excluding hydrogens is 495 g/mol. The van der Waals surface area contributed by atoms with E-state index in [2.05, 4.69) is 36.4 Å². The zero-order valence-electron chi connectivity index (χ0n) is 19.9. The van der Waals surface area contributed by atoms with E-state index in [4.69, 9.17) is 9.47 Å². The number of ether oxygens (including phenoxy) is 2. The first-order chi connectivity index (χ1) is 13.5. The third-order valence-corrected chi connectivity index (χ3v) is 5.47.